The zero-order valence-electron chi connectivity index (χ0n) is 12.2. The largest absolute Gasteiger partial charge is 0.380 e. The number of methoxy groups -OCH3 is 1. The number of likely N-dealkylation sites (tertiary alicyclic amines) is 1. The summed E-state index contributed by atoms with van der Waals surface area (Å²) >= 11 is 0. The SMILES string of the molecule is COC1CN(C(C)(CN)CC(C)C)CCC1C. The Labute approximate surface area is 107 Å². The van der Waals surface area contributed by atoms with Crippen molar-refractivity contribution in [3.05, 3.63) is 0 Å². The van der Waals surface area contributed by atoms with Gasteiger partial charge in [0.15, 0.2) is 0 Å². The summed E-state index contributed by atoms with van der Waals surface area (Å²) < 4.78 is 5.60. The fraction of sp³-hybridized carbons (Fsp3) is 1.00. The molecule has 17 heavy (non-hydrogen) atoms. The Hall–Kier alpha value is -0.120. The monoisotopic (exact) mass is 242 g/mol. The third-order valence-electron chi connectivity index (χ3n) is 4.24. The van der Waals surface area contributed by atoms with Crippen molar-refractivity contribution < 1.29 is 4.74 Å². The van der Waals surface area contributed by atoms with Crippen molar-refractivity contribution in [2.24, 2.45) is 17.6 Å². The second kappa shape index (κ2) is 6.17. The minimum atomic E-state index is 0.130. The van der Waals surface area contributed by atoms with Crippen LogP contribution in [0.3, 0.4) is 0 Å². The molecular weight excluding hydrogens is 212 g/mol. The maximum atomic E-state index is 6.03. The first kappa shape index (κ1) is 14.9. The van der Waals surface area contributed by atoms with Crippen LogP contribution < -0.4 is 5.73 Å². The lowest BCUT2D eigenvalue weighted by atomic mass is 9.85. The van der Waals surface area contributed by atoms with Gasteiger partial charge in [0.25, 0.3) is 0 Å². The predicted octanol–water partition coefficient (Wildman–Crippen LogP) is 2.11. The molecule has 0 radical (unpaired) electrons. The molecule has 3 unspecified atom stereocenters. The zero-order valence-corrected chi connectivity index (χ0v) is 12.2. The van der Waals surface area contributed by atoms with Crippen LogP contribution in [-0.2, 0) is 4.74 Å². The lowest BCUT2D eigenvalue weighted by molar-refractivity contribution is -0.0448. The van der Waals surface area contributed by atoms with Gasteiger partial charge in [-0.1, -0.05) is 20.8 Å². The summed E-state index contributed by atoms with van der Waals surface area (Å²) in [7, 11) is 1.83. The van der Waals surface area contributed by atoms with Gasteiger partial charge >= 0.3 is 0 Å². The maximum absolute atomic E-state index is 6.03. The second-order valence-electron chi connectivity index (χ2n) is 6.29. The molecule has 3 nitrogen and oxygen atoms in total. The van der Waals surface area contributed by atoms with E-state index >= 15 is 0 Å². The van der Waals surface area contributed by atoms with E-state index in [0.717, 1.165) is 26.1 Å². The van der Waals surface area contributed by atoms with E-state index in [9.17, 15) is 0 Å². The average Bonchev–Trinajstić information content (AvgIpc) is 2.28. The molecule has 0 spiro atoms. The number of nitrogens with two attached hydrogens (primary N) is 1. The summed E-state index contributed by atoms with van der Waals surface area (Å²) in [6, 6.07) is 0. The molecule has 1 aliphatic heterocycles. The van der Waals surface area contributed by atoms with E-state index < -0.39 is 0 Å². The van der Waals surface area contributed by atoms with Crippen LogP contribution in [0, 0.1) is 11.8 Å². The van der Waals surface area contributed by atoms with Gasteiger partial charge in [-0.15, -0.1) is 0 Å². The van der Waals surface area contributed by atoms with Crippen LogP contribution in [0.4, 0.5) is 0 Å². The highest BCUT2D eigenvalue weighted by molar-refractivity contribution is 4.92. The molecule has 3 atom stereocenters. The predicted molar refractivity (Wildman–Crippen MR) is 73.1 cm³/mol. The van der Waals surface area contributed by atoms with Gasteiger partial charge in [-0.05, 0) is 38.1 Å². The molecule has 0 saturated carbocycles. The highest BCUT2D eigenvalue weighted by Gasteiger charge is 2.36. The molecule has 0 aliphatic carbocycles. The normalized spacial score (nSPS) is 30.5. The van der Waals surface area contributed by atoms with Crippen LogP contribution in [0.25, 0.3) is 0 Å². The van der Waals surface area contributed by atoms with Gasteiger partial charge in [0.05, 0.1) is 6.10 Å². The van der Waals surface area contributed by atoms with Crippen LogP contribution in [0.1, 0.15) is 40.5 Å². The van der Waals surface area contributed by atoms with Crippen LogP contribution in [0.5, 0.6) is 0 Å². The van der Waals surface area contributed by atoms with Gasteiger partial charge in [0.2, 0.25) is 0 Å². The summed E-state index contributed by atoms with van der Waals surface area (Å²) in [5.41, 5.74) is 6.16. The average molecular weight is 242 g/mol. The van der Waals surface area contributed by atoms with E-state index in [0.29, 0.717) is 17.9 Å². The highest BCUT2D eigenvalue weighted by Crippen LogP contribution is 2.29. The van der Waals surface area contributed by atoms with Gasteiger partial charge in [-0.3, -0.25) is 4.90 Å². The molecule has 1 aliphatic rings. The van der Waals surface area contributed by atoms with Crippen LogP contribution >= 0.6 is 0 Å². The third-order valence-corrected chi connectivity index (χ3v) is 4.24. The first-order valence-electron chi connectivity index (χ1n) is 6.91. The minimum Gasteiger partial charge on any atom is -0.380 e. The van der Waals surface area contributed by atoms with E-state index in [1.165, 1.54) is 6.42 Å². The Balaban J connectivity index is 2.69. The topological polar surface area (TPSA) is 38.5 Å². The van der Waals surface area contributed by atoms with Crippen molar-refractivity contribution in [1.82, 2.24) is 4.90 Å². The van der Waals surface area contributed by atoms with Crippen molar-refractivity contribution in [3.8, 4) is 0 Å². The van der Waals surface area contributed by atoms with Crippen molar-refractivity contribution in [1.29, 1.82) is 0 Å². The van der Waals surface area contributed by atoms with Crippen LogP contribution in [0.2, 0.25) is 0 Å². The summed E-state index contributed by atoms with van der Waals surface area (Å²) in [6.07, 6.45) is 2.74. The molecule has 0 aromatic carbocycles. The van der Waals surface area contributed by atoms with Crippen molar-refractivity contribution >= 4 is 0 Å². The molecular formula is C14H30N2O. The molecule has 3 heteroatoms. The van der Waals surface area contributed by atoms with Gasteiger partial charge in [0.1, 0.15) is 0 Å². The second-order valence-corrected chi connectivity index (χ2v) is 6.29. The van der Waals surface area contributed by atoms with E-state index in [2.05, 4.69) is 32.6 Å². The Morgan fingerprint density at radius 2 is 2.12 bits per heavy atom. The fourth-order valence-electron chi connectivity index (χ4n) is 3.05. The molecule has 1 rings (SSSR count). The molecule has 2 N–H and O–H groups in total. The minimum absolute atomic E-state index is 0.130. The van der Waals surface area contributed by atoms with Gasteiger partial charge in [-0.25, -0.2) is 0 Å². The van der Waals surface area contributed by atoms with Crippen molar-refractivity contribution in [3.63, 3.8) is 0 Å². The fourth-order valence-corrected chi connectivity index (χ4v) is 3.05. The lowest BCUT2D eigenvalue weighted by Gasteiger charge is -2.47. The Kier molecular flexibility index (Phi) is 5.42. The summed E-state index contributed by atoms with van der Waals surface area (Å²) in [5, 5.41) is 0. The number of piperidine rings is 1. The smallest absolute Gasteiger partial charge is 0.0724 e. The quantitative estimate of drug-likeness (QED) is 0.802. The molecule has 0 aromatic heterocycles. The maximum Gasteiger partial charge on any atom is 0.0724 e. The molecule has 1 saturated heterocycles. The van der Waals surface area contributed by atoms with Crippen molar-refractivity contribution in [2.45, 2.75) is 52.2 Å². The number of hydrogen-bond donors (Lipinski definition) is 1. The molecule has 1 fully saturated rings. The highest BCUT2D eigenvalue weighted by atomic mass is 16.5. The molecule has 1 heterocycles. The van der Waals surface area contributed by atoms with Crippen LogP contribution in [0.15, 0.2) is 0 Å². The number of ether oxygens (including phenoxy) is 1. The van der Waals surface area contributed by atoms with Crippen molar-refractivity contribution in [2.75, 3.05) is 26.7 Å². The molecule has 0 amide bonds. The summed E-state index contributed by atoms with van der Waals surface area (Å²) in [5.74, 6) is 1.35. The van der Waals surface area contributed by atoms with E-state index in [-0.39, 0.29) is 5.54 Å². The van der Waals surface area contributed by atoms with Crippen LogP contribution in [-0.4, -0.2) is 43.3 Å². The first-order valence-corrected chi connectivity index (χ1v) is 6.91. The van der Waals surface area contributed by atoms with E-state index in [4.69, 9.17) is 10.5 Å². The third kappa shape index (κ3) is 3.67. The number of rotatable bonds is 5. The summed E-state index contributed by atoms with van der Waals surface area (Å²) in [6.45, 7) is 12.0. The summed E-state index contributed by atoms with van der Waals surface area (Å²) in [4.78, 5) is 2.54. The number of nitrogens with zero attached hydrogens (tertiary/aromatic N) is 1. The Morgan fingerprint density at radius 3 is 2.59 bits per heavy atom. The molecule has 102 valence electrons. The Morgan fingerprint density at radius 1 is 1.47 bits per heavy atom. The van der Waals surface area contributed by atoms with Gasteiger partial charge < -0.3 is 10.5 Å². The van der Waals surface area contributed by atoms with E-state index in [1.54, 1.807) is 0 Å². The number of hydrogen-bond acceptors (Lipinski definition) is 3. The van der Waals surface area contributed by atoms with Gasteiger partial charge in [0, 0.05) is 25.7 Å². The van der Waals surface area contributed by atoms with Gasteiger partial charge in [-0.2, -0.15) is 0 Å². The lowest BCUT2D eigenvalue weighted by Crippen LogP contribution is -2.58. The molecule has 0 bridgehead atoms. The standard InChI is InChI=1S/C14H30N2O/c1-11(2)8-14(4,10-15)16-7-6-12(3)13(9-16)17-5/h11-13H,6-10,15H2,1-5H3. The Bertz CT molecular complexity index is 232. The molecule has 0 aromatic rings. The first-order chi connectivity index (χ1) is 7.92. The zero-order chi connectivity index (χ0) is 13.1. The van der Waals surface area contributed by atoms with E-state index in [1.807, 2.05) is 7.11 Å².